The van der Waals surface area contributed by atoms with Crippen molar-refractivity contribution in [3.05, 3.63) is 235 Å². The number of fused-ring (bicyclic) bond motifs is 8. The molecule has 2 nitrogen and oxygen atoms in total. The molecule has 3 heteroatoms. The van der Waals surface area contributed by atoms with Crippen LogP contribution in [0.2, 0.25) is 0 Å². The molecule has 0 N–H and O–H groups in total. The highest BCUT2D eigenvalue weighted by molar-refractivity contribution is 6.93. The van der Waals surface area contributed by atoms with Gasteiger partial charge >= 0.3 is 6.85 Å². The van der Waals surface area contributed by atoms with Crippen LogP contribution in [0.3, 0.4) is 0 Å². The summed E-state index contributed by atoms with van der Waals surface area (Å²) in [7, 11) is 0. The van der Waals surface area contributed by atoms with E-state index in [1.165, 1.54) is 122 Å². The first kappa shape index (κ1) is 37.7. The van der Waals surface area contributed by atoms with E-state index in [4.69, 9.17) is 0 Å². The van der Waals surface area contributed by atoms with Crippen LogP contribution < -0.4 is 20.6 Å². The van der Waals surface area contributed by atoms with E-state index in [-0.39, 0.29) is 12.3 Å². The molecule has 0 fully saturated rings. The molecule has 0 saturated carbocycles. The summed E-state index contributed by atoms with van der Waals surface area (Å²) in [5.74, 6) is 0. The summed E-state index contributed by atoms with van der Waals surface area (Å²) in [5, 5.41) is 2.47. The molecule has 2 heterocycles. The van der Waals surface area contributed by atoms with Gasteiger partial charge in [0, 0.05) is 39.4 Å². The molecular formula is C62H45BN2. The van der Waals surface area contributed by atoms with E-state index < -0.39 is 0 Å². The first-order valence-electron chi connectivity index (χ1n) is 22.9. The molecule has 13 rings (SSSR count). The molecule has 1 aliphatic carbocycles. The Hall–Kier alpha value is -7.88. The van der Waals surface area contributed by atoms with E-state index in [1.807, 2.05) is 0 Å². The Morgan fingerprint density at radius 1 is 0.369 bits per heavy atom. The van der Waals surface area contributed by atoms with Gasteiger partial charge in [0.05, 0.1) is 0 Å². The molecule has 0 bridgehead atoms. The van der Waals surface area contributed by atoms with Gasteiger partial charge in [-0.1, -0.05) is 178 Å². The standard InChI is InChI=1S/C62H45BN2/c1-40-33-47(42-19-9-5-10-20-42)29-32-57(40)64-59-39-55-51(50-25-15-16-26-54(50)62(55,2)3)38-56(59)63-61-53(35-48(37-60(61)64)43-21-11-6-12-22-43)52-34-45-23-13-14-24-46(45)36-58(52)65(63)49-30-27-44(28-31-49)41-17-7-4-8-18-41/h4-39H,1-3H3. The van der Waals surface area contributed by atoms with Gasteiger partial charge in [0.2, 0.25) is 0 Å². The Bertz CT molecular complexity index is 3520. The van der Waals surface area contributed by atoms with Crippen LogP contribution in [0, 0.1) is 6.92 Å². The highest BCUT2D eigenvalue weighted by Gasteiger charge is 2.47. The molecule has 10 aromatic rings. The molecule has 0 saturated heterocycles. The van der Waals surface area contributed by atoms with Crippen molar-refractivity contribution >= 4 is 57.0 Å². The number of hydrogen-bond donors (Lipinski definition) is 0. The Morgan fingerprint density at radius 3 is 1.65 bits per heavy atom. The lowest BCUT2D eigenvalue weighted by Crippen LogP contribution is -2.61. The topological polar surface area (TPSA) is 6.48 Å². The van der Waals surface area contributed by atoms with Crippen molar-refractivity contribution in [1.29, 1.82) is 0 Å². The van der Waals surface area contributed by atoms with Gasteiger partial charge in [0.1, 0.15) is 0 Å². The Morgan fingerprint density at radius 2 is 0.954 bits per heavy atom. The summed E-state index contributed by atoms with van der Waals surface area (Å²) in [6.45, 7) is 6.96. The minimum atomic E-state index is -0.179. The van der Waals surface area contributed by atoms with Crippen LogP contribution >= 0.6 is 0 Å². The lowest BCUT2D eigenvalue weighted by molar-refractivity contribution is 0.660. The summed E-state index contributed by atoms with van der Waals surface area (Å²) in [5.41, 5.74) is 24.9. The molecule has 2 aliphatic heterocycles. The normalized spacial score (nSPS) is 13.8. The third kappa shape index (κ3) is 5.75. The molecule has 0 unspecified atom stereocenters. The minimum absolute atomic E-state index is 0.127. The third-order valence-corrected chi connectivity index (χ3v) is 14.5. The van der Waals surface area contributed by atoms with Gasteiger partial charge in [0.15, 0.2) is 0 Å². The van der Waals surface area contributed by atoms with Crippen molar-refractivity contribution in [3.8, 4) is 55.6 Å². The van der Waals surface area contributed by atoms with Crippen molar-refractivity contribution in [1.82, 2.24) is 0 Å². The van der Waals surface area contributed by atoms with E-state index in [0.717, 1.165) is 0 Å². The summed E-state index contributed by atoms with van der Waals surface area (Å²) < 4.78 is 0. The lowest BCUT2D eigenvalue weighted by Gasteiger charge is -2.46. The first-order valence-corrected chi connectivity index (χ1v) is 22.9. The van der Waals surface area contributed by atoms with Crippen molar-refractivity contribution < 1.29 is 0 Å². The molecule has 0 atom stereocenters. The molecule has 0 aromatic heterocycles. The van der Waals surface area contributed by atoms with E-state index in [0.29, 0.717) is 0 Å². The number of rotatable bonds is 5. The van der Waals surface area contributed by atoms with Gasteiger partial charge in [-0.3, -0.25) is 0 Å². The Kier molecular flexibility index (Phi) is 8.30. The highest BCUT2D eigenvalue weighted by atomic mass is 15.2. The maximum Gasteiger partial charge on any atom is 0.333 e. The van der Waals surface area contributed by atoms with Gasteiger partial charge in [-0.15, -0.1) is 0 Å². The van der Waals surface area contributed by atoms with E-state index in [2.05, 4.69) is 249 Å². The van der Waals surface area contributed by atoms with Crippen LogP contribution in [0.25, 0.3) is 66.4 Å². The molecular weight excluding hydrogens is 784 g/mol. The molecule has 10 aromatic carbocycles. The molecule has 306 valence electrons. The predicted molar refractivity (Wildman–Crippen MR) is 276 cm³/mol. The average molecular weight is 829 g/mol. The number of aryl methyl sites for hydroxylation is 1. The van der Waals surface area contributed by atoms with Crippen molar-refractivity contribution in [3.63, 3.8) is 0 Å². The Balaban J connectivity index is 1.15. The fourth-order valence-corrected chi connectivity index (χ4v) is 11.3. The third-order valence-electron chi connectivity index (χ3n) is 14.5. The second kappa shape index (κ2) is 14.3. The second-order valence-corrected chi connectivity index (χ2v) is 18.6. The molecule has 0 radical (unpaired) electrons. The van der Waals surface area contributed by atoms with Crippen LogP contribution in [0.4, 0.5) is 28.4 Å². The average Bonchev–Trinajstić information content (AvgIpc) is 3.58. The van der Waals surface area contributed by atoms with Gasteiger partial charge in [-0.25, -0.2) is 0 Å². The highest BCUT2D eigenvalue weighted by Crippen LogP contribution is 2.54. The summed E-state index contributed by atoms with van der Waals surface area (Å²) >= 11 is 0. The molecule has 3 aliphatic rings. The van der Waals surface area contributed by atoms with Crippen molar-refractivity contribution in [2.45, 2.75) is 26.2 Å². The van der Waals surface area contributed by atoms with Crippen molar-refractivity contribution in [2.24, 2.45) is 0 Å². The first-order chi connectivity index (χ1) is 31.9. The van der Waals surface area contributed by atoms with Crippen LogP contribution in [-0.2, 0) is 5.41 Å². The maximum absolute atomic E-state index is 2.66. The lowest BCUT2D eigenvalue weighted by atomic mass is 9.43. The fourth-order valence-electron chi connectivity index (χ4n) is 11.3. The maximum atomic E-state index is 2.66. The van der Waals surface area contributed by atoms with Crippen molar-refractivity contribution in [2.75, 3.05) is 9.71 Å². The van der Waals surface area contributed by atoms with Gasteiger partial charge in [-0.05, 0) is 150 Å². The molecule has 0 amide bonds. The zero-order chi connectivity index (χ0) is 43.4. The van der Waals surface area contributed by atoms with Crippen LogP contribution in [0.5, 0.6) is 0 Å². The zero-order valence-electron chi connectivity index (χ0n) is 36.8. The smallest absolute Gasteiger partial charge is 0.333 e. The minimum Gasteiger partial charge on any atom is -0.376 e. The zero-order valence-corrected chi connectivity index (χ0v) is 36.8. The molecule has 0 spiro atoms. The van der Waals surface area contributed by atoms with E-state index >= 15 is 0 Å². The largest absolute Gasteiger partial charge is 0.376 e. The van der Waals surface area contributed by atoms with Gasteiger partial charge in [-0.2, -0.15) is 0 Å². The monoisotopic (exact) mass is 828 g/mol. The summed E-state index contributed by atoms with van der Waals surface area (Å²) in [6.07, 6.45) is 0. The molecule has 65 heavy (non-hydrogen) atoms. The number of benzene rings is 10. The Labute approximate surface area is 381 Å². The second-order valence-electron chi connectivity index (χ2n) is 18.6. The van der Waals surface area contributed by atoms with E-state index in [1.54, 1.807) is 0 Å². The number of anilines is 5. The summed E-state index contributed by atoms with van der Waals surface area (Å²) in [6, 6.07) is 81.7. The summed E-state index contributed by atoms with van der Waals surface area (Å²) in [4.78, 5) is 5.27. The predicted octanol–water partition coefficient (Wildman–Crippen LogP) is 15.2. The quantitative estimate of drug-likeness (QED) is 0.160. The number of hydrogen-bond acceptors (Lipinski definition) is 2. The number of nitrogens with zero attached hydrogens (tertiary/aromatic N) is 2. The fraction of sp³-hybridized carbons (Fsp3) is 0.0645. The van der Waals surface area contributed by atoms with Crippen LogP contribution in [0.1, 0.15) is 30.5 Å². The van der Waals surface area contributed by atoms with Gasteiger partial charge in [0.25, 0.3) is 0 Å². The van der Waals surface area contributed by atoms with E-state index in [9.17, 15) is 0 Å². The van der Waals surface area contributed by atoms with Crippen LogP contribution in [-0.4, -0.2) is 6.85 Å². The van der Waals surface area contributed by atoms with Crippen LogP contribution in [0.15, 0.2) is 218 Å². The van der Waals surface area contributed by atoms with Gasteiger partial charge < -0.3 is 9.71 Å². The SMILES string of the molecule is Cc1cc(-c2ccccc2)ccc1N1c2cc3c(cc2B2c4c(cc(-c5ccccc5)cc41)-c1cc4ccccc4cc1N2c1ccc(-c2ccccc2)cc1)-c1ccccc1C3(C)C.